The molecule has 5 aromatic carbocycles. The van der Waals surface area contributed by atoms with Gasteiger partial charge in [-0.3, -0.25) is 0 Å². The molecule has 0 spiro atoms. The largest absolute Gasteiger partial charge is 0.453 e. The van der Waals surface area contributed by atoms with E-state index >= 15 is 0 Å². The highest BCUT2D eigenvalue weighted by molar-refractivity contribution is 5.86. The van der Waals surface area contributed by atoms with Gasteiger partial charge in [0.05, 0.1) is 11.4 Å². The third-order valence-electron chi connectivity index (χ3n) is 6.52. The van der Waals surface area contributed by atoms with Crippen LogP contribution in [0.3, 0.4) is 0 Å². The lowest BCUT2D eigenvalue weighted by Gasteiger charge is -2.32. The van der Waals surface area contributed by atoms with Gasteiger partial charge in [-0.05, 0) is 48.5 Å². The minimum Gasteiger partial charge on any atom is -0.453 e. The van der Waals surface area contributed by atoms with Crippen LogP contribution in [0.15, 0.2) is 133 Å². The van der Waals surface area contributed by atoms with Gasteiger partial charge in [0.1, 0.15) is 0 Å². The molecule has 1 aliphatic rings. The van der Waals surface area contributed by atoms with Crippen molar-refractivity contribution in [3.8, 4) is 45.7 Å². The quantitative estimate of drug-likeness (QED) is 0.248. The Kier molecular flexibility index (Phi) is 5.37. The zero-order valence-corrected chi connectivity index (χ0v) is 20.4. The number of nitrogens with zero attached hydrogens (tertiary/aromatic N) is 4. The Morgan fingerprint density at radius 1 is 0.395 bits per heavy atom. The molecule has 1 aromatic heterocycles. The van der Waals surface area contributed by atoms with E-state index in [4.69, 9.17) is 19.7 Å². The van der Waals surface area contributed by atoms with Crippen LogP contribution in [0.2, 0.25) is 0 Å². The smallest absolute Gasteiger partial charge is 0.164 e. The topological polar surface area (TPSA) is 51.1 Å². The van der Waals surface area contributed by atoms with Crippen molar-refractivity contribution in [2.24, 2.45) is 0 Å². The van der Waals surface area contributed by atoms with E-state index in [-0.39, 0.29) is 0 Å². The molecule has 0 aliphatic carbocycles. The summed E-state index contributed by atoms with van der Waals surface area (Å²) in [5.74, 6) is 3.58. The Morgan fingerprint density at radius 3 is 1.26 bits per heavy atom. The van der Waals surface area contributed by atoms with E-state index in [1.165, 1.54) is 0 Å². The molecule has 0 unspecified atom stereocenters. The maximum absolute atomic E-state index is 6.16. The van der Waals surface area contributed by atoms with Gasteiger partial charge >= 0.3 is 0 Å². The first-order valence-electron chi connectivity index (χ1n) is 12.5. The van der Waals surface area contributed by atoms with Gasteiger partial charge in [0, 0.05) is 22.4 Å². The summed E-state index contributed by atoms with van der Waals surface area (Å²) in [6, 6.07) is 44.5. The van der Waals surface area contributed by atoms with Gasteiger partial charge in [-0.15, -0.1) is 0 Å². The second-order valence-electron chi connectivity index (χ2n) is 8.96. The Bertz CT molecular complexity index is 1630. The first-order chi connectivity index (χ1) is 18.8. The summed E-state index contributed by atoms with van der Waals surface area (Å²) in [6.07, 6.45) is 0. The van der Waals surface area contributed by atoms with Crippen LogP contribution in [0.1, 0.15) is 0 Å². The fourth-order valence-electron chi connectivity index (χ4n) is 4.68. The third kappa shape index (κ3) is 3.96. The van der Waals surface area contributed by atoms with E-state index in [2.05, 4.69) is 41.3 Å². The van der Waals surface area contributed by atoms with Crippen LogP contribution in [0.4, 0.5) is 17.1 Å². The predicted octanol–water partition coefficient (Wildman–Crippen LogP) is 8.45. The maximum atomic E-state index is 6.16. The molecular formula is C33H22N4O. The van der Waals surface area contributed by atoms with Crippen LogP contribution in [-0.4, -0.2) is 15.0 Å². The van der Waals surface area contributed by atoms with Gasteiger partial charge in [-0.25, -0.2) is 15.0 Å². The lowest BCUT2D eigenvalue weighted by atomic mass is 10.1. The third-order valence-corrected chi connectivity index (χ3v) is 6.52. The summed E-state index contributed by atoms with van der Waals surface area (Å²) in [4.78, 5) is 16.7. The van der Waals surface area contributed by atoms with E-state index in [0.29, 0.717) is 17.5 Å². The van der Waals surface area contributed by atoms with E-state index < -0.39 is 0 Å². The molecule has 0 N–H and O–H groups in total. The summed E-state index contributed by atoms with van der Waals surface area (Å²) in [5, 5.41) is 0. The standard InChI is InChI=1S/C33H22N4O/c1-3-11-23(12-4-1)31-34-32(24-13-5-2-6-14-24)36-33(35-31)25-19-21-26(22-20-25)37-27-15-7-9-17-29(27)38-30-18-10-8-16-28(30)37/h1-22H. The van der Waals surface area contributed by atoms with Crippen LogP contribution in [-0.2, 0) is 0 Å². The van der Waals surface area contributed by atoms with E-state index in [1.807, 2.05) is 97.1 Å². The molecule has 1 aliphatic heterocycles. The number of anilines is 3. The molecule has 0 saturated carbocycles. The van der Waals surface area contributed by atoms with Gasteiger partial charge < -0.3 is 9.64 Å². The summed E-state index contributed by atoms with van der Waals surface area (Å²) in [6.45, 7) is 0. The van der Waals surface area contributed by atoms with Gasteiger partial charge in [0.2, 0.25) is 0 Å². The van der Waals surface area contributed by atoms with Crippen molar-refractivity contribution in [2.45, 2.75) is 0 Å². The van der Waals surface area contributed by atoms with Crippen molar-refractivity contribution in [1.29, 1.82) is 0 Å². The zero-order valence-electron chi connectivity index (χ0n) is 20.4. The molecule has 0 amide bonds. The van der Waals surface area contributed by atoms with E-state index in [0.717, 1.165) is 45.3 Å². The Hall–Kier alpha value is -5.29. The molecule has 180 valence electrons. The average molecular weight is 491 g/mol. The van der Waals surface area contributed by atoms with Crippen molar-refractivity contribution < 1.29 is 4.74 Å². The number of hydrogen-bond acceptors (Lipinski definition) is 5. The van der Waals surface area contributed by atoms with Gasteiger partial charge in [-0.1, -0.05) is 84.9 Å². The lowest BCUT2D eigenvalue weighted by Crippen LogP contribution is -2.15. The van der Waals surface area contributed by atoms with Crippen LogP contribution in [0, 0.1) is 0 Å². The van der Waals surface area contributed by atoms with Gasteiger partial charge in [0.25, 0.3) is 0 Å². The summed E-state index contributed by atoms with van der Waals surface area (Å²) in [5.41, 5.74) is 5.84. The summed E-state index contributed by atoms with van der Waals surface area (Å²) < 4.78 is 6.16. The monoisotopic (exact) mass is 490 g/mol. The van der Waals surface area contributed by atoms with Crippen LogP contribution < -0.4 is 9.64 Å². The first-order valence-corrected chi connectivity index (χ1v) is 12.5. The number of aromatic nitrogens is 3. The highest BCUT2D eigenvalue weighted by atomic mass is 16.5. The molecular weight excluding hydrogens is 468 g/mol. The summed E-state index contributed by atoms with van der Waals surface area (Å²) >= 11 is 0. The minimum absolute atomic E-state index is 0.632. The predicted molar refractivity (Wildman–Crippen MR) is 151 cm³/mol. The van der Waals surface area contributed by atoms with Crippen molar-refractivity contribution in [2.75, 3.05) is 4.90 Å². The number of para-hydroxylation sites is 4. The van der Waals surface area contributed by atoms with Crippen molar-refractivity contribution in [3.63, 3.8) is 0 Å². The molecule has 0 bridgehead atoms. The molecule has 38 heavy (non-hydrogen) atoms. The first kappa shape index (κ1) is 21.9. The van der Waals surface area contributed by atoms with Crippen molar-refractivity contribution in [3.05, 3.63) is 133 Å². The molecule has 0 saturated heterocycles. The van der Waals surface area contributed by atoms with Crippen molar-refractivity contribution >= 4 is 17.1 Å². The van der Waals surface area contributed by atoms with E-state index in [1.54, 1.807) is 0 Å². The van der Waals surface area contributed by atoms with Crippen LogP contribution >= 0.6 is 0 Å². The zero-order chi connectivity index (χ0) is 25.3. The number of benzene rings is 5. The summed E-state index contributed by atoms with van der Waals surface area (Å²) in [7, 11) is 0. The molecule has 0 fully saturated rings. The molecule has 5 heteroatoms. The van der Waals surface area contributed by atoms with Crippen molar-refractivity contribution in [1.82, 2.24) is 15.0 Å². The Balaban J connectivity index is 1.32. The number of hydrogen-bond donors (Lipinski definition) is 0. The fraction of sp³-hybridized carbons (Fsp3) is 0. The number of rotatable bonds is 4. The van der Waals surface area contributed by atoms with Crippen LogP contribution in [0.5, 0.6) is 11.5 Å². The molecule has 7 rings (SSSR count). The molecule has 0 radical (unpaired) electrons. The van der Waals surface area contributed by atoms with Crippen LogP contribution in [0.25, 0.3) is 34.2 Å². The minimum atomic E-state index is 0.632. The second kappa shape index (κ2) is 9.30. The molecule has 6 aromatic rings. The van der Waals surface area contributed by atoms with Gasteiger partial charge in [-0.2, -0.15) is 0 Å². The average Bonchev–Trinajstić information content (AvgIpc) is 3.00. The Labute approximate surface area is 220 Å². The van der Waals surface area contributed by atoms with E-state index in [9.17, 15) is 0 Å². The van der Waals surface area contributed by atoms with Gasteiger partial charge in [0.15, 0.2) is 29.0 Å². The second-order valence-corrected chi connectivity index (χ2v) is 8.96. The fourth-order valence-corrected chi connectivity index (χ4v) is 4.68. The molecule has 5 nitrogen and oxygen atoms in total. The lowest BCUT2D eigenvalue weighted by molar-refractivity contribution is 0.477. The highest BCUT2D eigenvalue weighted by Gasteiger charge is 2.25. The highest BCUT2D eigenvalue weighted by Crippen LogP contribution is 2.50. The molecule has 2 heterocycles. The number of ether oxygens (including phenoxy) is 1. The number of fused-ring (bicyclic) bond motifs is 2. The molecule has 0 atom stereocenters. The SMILES string of the molecule is c1ccc(-c2nc(-c3ccccc3)nc(-c3ccc(N4c5ccccc5Oc5ccccc54)cc3)n2)cc1. The normalized spacial score (nSPS) is 11.8. The Morgan fingerprint density at radius 2 is 0.789 bits per heavy atom. The maximum Gasteiger partial charge on any atom is 0.164 e.